The van der Waals surface area contributed by atoms with E-state index in [9.17, 15) is 4.79 Å². The summed E-state index contributed by atoms with van der Waals surface area (Å²) >= 11 is 3.30. The van der Waals surface area contributed by atoms with Crippen molar-refractivity contribution in [1.29, 1.82) is 0 Å². The molecule has 4 nitrogen and oxygen atoms in total. The first-order valence-corrected chi connectivity index (χ1v) is 7.24. The summed E-state index contributed by atoms with van der Waals surface area (Å²) in [6.45, 7) is 0.317. The minimum atomic E-state index is -0.378. The number of hydrogen-bond donors (Lipinski definition) is 1. The molecule has 0 aliphatic heterocycles. The molecule has 0 bridgehead atoms. The first-order chi connectivity index (χ1) is 10.1. The Morgan fingerprint density at radius 2 is 1.90 bits per heavy atom. The lowest BCUT2D eigenvalue weighted by atomic mass is 10.1. The van der Waals surface area contributed by atoms with E-state index in [4.69, 9.17) is 15.2 Å². The number of benzene rings is 2. The molecule has 0 unspecified atom stereocenters. The SMILES string of the molecule is COc1ccc(CCOC(=O)c2cc(N)cc(Br)c2)cc1. The first-order valence-electron chi connectivity index (χ1n) is 6.44. The highest BCUT2D eigenvalue weighted by molar-refractivity contribution is 9.10. The van der Waals surface area contributed by atoms with Gasteiger partial charge in [-0.3, -0.25) is 0 Å². The van der Waals surface area contributed by atoms with Crippen LogP contribution in [0.2, 0.25) is 0 Å². The fourth-order valence-corrected chi connectivity index (χ4v) is 2.38. The van der Waals surface area contributed by atoms with E-state index < -0.39 is 0 Å². The van der Waals surface area contributed by atoms with Crippen LogP contribution in [0.4, 0.5) is 5.69 Å². The Kier molecular flexibility index (Phi) is 5.22. The van der Waals surface area contributed by atoms with Crippen molar-refractivity contribution in [2.75, 3.05) is 19.5 Å². The van der Waals surface area contributed by atoms with Gasteiger partial charge in [-0.2, -0.15) is 0 Å². The second-order valence-electron chi connectivity index (χ2n) is 4.51. The molecule has 0 fully saturated rings. The van der Waals surface area contributed by atoms with E-state index in [1.807, 2.05) is 24.3 Å². The Morgan fingerprint density at radius 1 is 1.19 bits per heavy atom. The first kappa shape index (κ1) is 15.4. The maximum absolute atomic E-state index is 11.9. The Morgan fingerprint density at radius 3 is 2.52 bits per heavy atom. The highest BCUT2D eigenvalue weighted by Crippen LogP contribution is 2.18. The normalized spacial score (nSPS) is 10.2. The number of carbonyl (C=O) groups is 1. The van der Waals surface area contributed by atoms with Crippen molar-refractivity contribution < 1.29 is 14.3 Å². The maximum atomic E-state index is 11.9. The van der Waals surface area contributed by atoms with Crippen LogP contribution in [0.25, 0.3) is 0 Å². The van der Waals surface area contributed by atoms with Crippen LogP contribution >= 0.6 is 15.9 Å². The van der Waals surface area contributed by atoms with E-state index in [2.05, 4.69) is 15.9 Å². The van der Waals surface area contributed by atoms with Gasteiger partial charge in [-0.15, -0.1) is 0 Å². The monoisotopic (exact) mass is 349 g/mol. The Labute approximate surface area is 132 Å². The summed E-state index contributed by atoms with van der Waals surface area (Å²) < 4.78 is 11.1. The lowest BCUT2D eigenvalue weighted by Crippen LogP contribution is -2.08. The van der Waals surface area contributed by atoms with Gasteiger partial charge in [-0.1, -0.05) is 28.1 Å². The van der Waals surface area contributed by atoms with Gasteiger partial charge in [0, 0.05) is 16.6 Å². The van der Waals surface area contributed by atoms with Crippen LogP contribution in [-0.4, -0.2) is 19.7 Å². The minimum absolute atomic E-state index is 0.317. The molecule has 110 valence electrons. The predicted octanol–water partition coefficient (Wildman–Crippen LogP) is 3.44. The average molecular weight is 350 g/mol. The summed E-state index contributed by atoms with van der Waals surface area (Å²) in [5.74, 6) is 0.428. The topological polar surface area (TPSA) is 61.5 Å². The number of nitrogens with two attached hydrogens (primary N) is 1. The maximum Gasteiger partial charge on any atom is 0.338 e. The summed E-state index contributed by atoms with van der Waals surface area (Å²) in [4.78, 5) is 11.9. The number of methoxy groups -OCH3 is 1. The Bertz CT molecular complexity index is 606. The standard InChI is InChI=1S/C16H16BrNO3/c1-20-15-4-2-11(3-5-15)6-7-21-16(19)12-8-13(17)10-14(18)9-12/h2-5,8-10H,6-7,18H2,1H3. The molecule has 0 heterocycles. The molecule has 5 heteroatoms. The largest absolute Gasteiger partial charge is 0.497 e. The molecule has 0 aromatic heterocycles. The van der Waals surface area contributed by atoms with Crippen molar-refractivity contribution in [1.82, 2.24) is 0 Å². The van der Waals surface area contributed by atoms with Crippen LogP contribution in [0, 0.1) is 0 Å². The molecule has 2 aromatic rings. The molecular formula is C16H16BrNO3. The van der Waals surface area contributed by atoms with E-state index in [0.29, 0.717) is 24.3 Å². The second-order valence-corrected chi connectivity index (χ2v) is 5.42. The highest BCUT2D eigenvalue weighted by Gasteiger charge is 2.09. The summed E-state index contributed by atoms with van der Waals surface area (Å²) in [6.07, 6.45) is 0.652. The minimum Gasteiger partial charge on any atom is -0.497 e. The third kappa shape index (κ3) is 4.49. The zero-order valence-corrected chi connectivity index (χ0v) is 13.2. The molecule has 2 aromatic carbocycles. The van der Waals surface area contributed by atoms with Gasteiger partial charge < -0.3 is 15.2 Å². The number of anilines is 1. The van der Waals surface area contributed by atoms with E-state index in [1.165, 1.54) is 0 Å². The third-order valence-corrected chi connectivity index (χ3v) is 3.40. The molecule has 2 N–H and O–H groups in total. The third-order valence-electron chi connectivity index (χ3n) is 2.94. The number of rotatable bonds is 5. The quantitative estimate of drug-likeness (QED) is 0.663. The van der Waals surface area contributed by atoms with Gasteiger partial charge in [0.15, 0.2) is 0 Å². The van der Waals surface area contributed by atoms with Gasteiger partial charge in [0.05, 0.1) is 19.3 Å². The highest BCUT2D eigenvalue weighted by atomic mass is 79.9. The van der Waals surface area contributed by atoms with Crippen molar-refractivity contribution >= 4 is 27.6 Å². The number of ether oxygens (including phenoxy) is 2. The molecule has 21 heavy (non-hydrogen) atoms. The van der Waals surface area contributed by atoms with Crippen LogP contribution in [0.1, 0.15) is 15.9 Å². The molecule has 0 amide bonds. The van der Waals surface area contributed by atoms with Gasteiger partial charge in [0.25, 0.3) is 0 Å². The summed E-state index contributed by atoms with van der Waals surface area (Å²) in [7, 11) is 1.63. The van der Waals surface area contributed by atoms with Crippen LogP contribution in [0.3, 0.4) is 0 Å². The second kappa shape index (κ2) is 7.13. The molecular weight excluding hydrogens is 334 g/mol. The number of esters is 1. The summed E-state index contributed by atoms with van der Waals surface area (Å²) in [6, 6.07) is 12.7. The van der Waals surface area contributed by atoms with Gasteiger partial charge in [0.1, 0.15) is 5.75 Å². The fraction of sp³-hybridized carbons (Fsp3) is 0.188. The van der Waals surface area contributed by atoms with Crippen LogP contribution in [0.5, 0.6) is 5.75 Å². The van der Waals surface area contributed by atoms with Crippen molar-refractivity contribution in [3.63, 3.8) is 0 Å². The molecule has 0 aliphatic carbocycles. The zero-order chi connectivity index (χ0) is 15.2. The molecule has 0 saturated heterocycles. The Hall–Kier alpha value is -2.01. The smallest absolute Gasteiger partial charge is 0.338 e. The molecule has 0 saturated carbocycles. The van der Waals surface area contributed by atoms with Gasteiger partial charge in [0.2, 0.25) is 0 Å². The lowest BCUT2D eigenvalue weighted by Gasteiger charge is -2.07. The lowest BCUT2D eigenvalue weighted by molar-refractivity contribution is 0.0509. The zero-order valence-electron chi connectivity index (χ0n) is 11.6. The van der Waals surface area contributed by atoms with E-state index in [-0.39, 0.29) is 5.97 Å². The van der Waals surface area contributed by atoms with Crippen LogP contribution in [-0.2, 0) is 11.2 Å². The van der Waals surface area contributed by atoms with Gasteiger partial charge in [-0.05, 0) is 35.9 Å². The van der Waals surface area contributed by atoms with Gasteiger partial charge >= 0.3 is 5.97 Å². The summed E-state index contributed by atoms with van der Waals surface area (Å²) in [5.41, 5.74) is 7.74. The number of nitrogen functional groups attached to an aromatic ring is 1. The average Bonchev–Trinajstić information content (AvgIpc) is 2.47. The molecule has 2 rings (SSSR count). The van der Waals surface area contributed by atoms with E-state index in [0.717, 1.165) is 15.8 Å². The van der Waals surface area contributed by atoms with E-state index >= 15 is 0 Å². The van der Waals surface area contributed by atoms with Crippen molar-refractivity contribution in [3.05, 3.63) is 58.1 Å². The van der Waals surface area contributed by atoms with Crippen molar-refractivity contribution in [3.8, 4) is 5.75 Å². The predicted molar refractivity (Wildman–Crippen MR) is 85.5 cm³/mol. The summed E-state index contributed by atoms with van der Waals surface area (Å²) in [5, 5.41) is 0. The van der Waals surface area contributed by atoms with E-state index in [1.54, 1.807) is 25.3 Å². The van der Waals surface area contributed by atoms with Gasteiger partial charge in [-0.25, -0.2) is 4.79 Å². The van der Waals surface area contributed by atoms with Crippen LogP contribution in [0.15, 0.2) is 46.9 Å². The van der Waals surface area contributed by atoms with Crippen LogP contribution < -0.4 is 10.5 Å². The fourth-order valence-electron chi connectivity index (χ4n) is 1.87. The molecule has 0 aliphatic rings. The van der Waals surface area contributed by atoms with Crippen molar-refractivity contribution in [2.24, 2.45) is 0 Å². The molecule has 0 atom stereocenters. The number of hydrogen-bond acceptors (Lipinski definition) is 4. The number of carbonyl (C=O) groups excluding carboxylic acids is 1. The molecule has 0 radical (unpaired) electrons. The van der Waals surface area contributed by atoms with Crippen molar-refractivity contribution in [2.45, 2.75) is 6.42 Å². The molecule has 0 spiro atoms. The number of halogens is 1. The Balaban J connectivity index is 1.88.